The van der Waals surface area contributed by atoms with Gasteiger partial charge >= 0.3 is 0 Å². The van der Waals surface area contributed by atoms with Crippen molar-refractivity contribution >= 4 is 45.6 Å². The van der Waals surface area contributed by atoms with Crippen molar-refractivity contribution in [2.75, 3.05) is 30.2 Å². The Labute approximate surface area is 258 Å². The van der Waals surface area contributed by atoms with Gasteiger partial charge in [0.15, 0.2) is 10.1 Å². The van der Waals surface area contributed by atoms with Gasteiger partial charge in [-0.05, 0) is 42.0 Å². The summed E-state index contributed by atoms with van der Waals surface area (Å²) in [5, 5.41) is 22.2. The van der Waals surface area contributed by atoms with E-state index in [1.807, 2.05) is 24.3 Å². The van der Waals surface area contributed by atoms with Crippen LogP contribution in [0.3, 0.4) is 0 Å². The molecule has 1 aliphatic heterocycles. The van der Waals surface area contributed by atoms with Gasteiger partial charge in [-0.25, -0.2) is 0 Å². The number of anilines is 2. The third-order valence-electron chi connectivity index (χ3n) is 7.44. The largest absolute Gasteiger partial charge is 0.497 e. The lowest BCUT2D eigenvalue weighted by Crippen LogP contribution is -2.38. The number of hydrogen-bond donors (Lipinski definition) is 2. The first kappa shape index (κ1) is 30.1. The Bertz CT molecular complexity index is 1660. The van der Waals surface area contributed by atoms with Gasteiger partial charge in [-0.1, -0.05) is 61.2 Å². The van der Waals surface area contributed by atoms with Crippen LogP contribution in [0, 0.1) is 11.3 Å². The van der Waals surface area contributed by atoms with Crippen LogP contribution in [0.1, 0.15) is 56.1 Å². The summed E-state index contributed by atoms with van der Waals surface area (Å²) in [6.07, 6.45) is 1.71. The van der Waals surface area contributed by atoms with Gasteiger partial charge in [0.25, 0.3) is 0 Å². The van der Waals surface area contributed by atoms with Crippen molar-refractivity contribution in [3.8, 4) is 17.6 Å². The minimum absolute atomic E-state index is 0.00758. The smallest absolute Gasteiger partial charge is 0.234 e. The summed E-state index contributed by atoms with van der Waals surface area (Å²) in [6.45, 7) is 4.24. The monoisotopic (exact) mass is 616 g/mol. The second-order valence-corrected chi connectivity index (χ2v) is 12.6. The molecule has 0 spiro atoms. The summed E-state index contributed by atoms with van der Waals surface area (Å²) >= 11 is 2.47. The molecule has 2 heterocycles. The Morgan fingerprint density at radius 1 is 1.19 bits per heavy atom. The summed E-state index contributed by atoms with van der Waals surface area (Å²) < 4.78 is 11.1. The van der Waals surface area contributed by atoms with Crippen LogP contribution in [0.25, 0.3) is 0 Å². The maximum absolute atomic E-state index is 13.4. The Morgan fingerprint density at radius 3 is 2.63 bits per heavy atom. The van der Waals surface area contributed by atoms with Crippen LogP contribution >= 0.6 is 23.1 Å². The molecule has 10 nitrogen and oxygen atoms in total. The summed E-state index contributed by atoms with van der Waals surface area (Å²) in [4.78, 5) is 27.9. The van der Waals surface area contributed by atoms with Crippen molar-refractivity contribution in [2.24, 2.45) is 5.73 Å². The van der Waals surface area contributed by atoms with Crippen molar-refractivity contribution in [3.05, 3.63) is 76.3 Å². The number of carbonyl (C=O) groups is 2. The molecule has 3 N–H and O–H groups in total. The lowest BCUT2D eigenvalue weighted by Gasteiger charge is -2.38. The average Bonchev–Trinajstić information content (AvgIpc) is 3.48. The maximum Gasteiger partial charge on any atom is 0.234 e. The third kappa shape index (κ3) is 6.09. The fourth-order valence-corrected chi connectivity index (χ4v) is 6.97. The van der Waals surface area contributed by atoms with Crippen molar-refractivity contribution in [1.29, 1.82) is 5.26 Å². The molecule has 1 unspecified atom stereocenters. The quantitative estimate of drug-likeness (QED) is 0.287. The number of ether oxygens (including phenoxy) is 2. The number of rotatable bonds is 9. The number of thioether (sulfide) groups is 1. The second kappa shape index (κ2) is 12.9. The summed E-state index contributed by atoms with van der Waals surface area (Å²) in [5.41, 5.74) is 10.9. The number of amides is 1. The first-order chi connectivity index (χ1) is 20.7. The van der Waals surface area contributed by atoms with Gasteiger partial charge in [-0.15, -0.1) is 10.2 Å². The molecule has 1 aromatic heterocycles. The molecule has 0 saturated heterocycles. The van der Waals surface area contributed by atoms with E-state index >= 15 is 0 Å². The highest BCUT2D eigenvalue weighted by atomic mass is 32.2. The number of benzene rings is 2. The van der Waals surface area contributed by atoms with E-state index in [4.69, 9.17) is 15.2 Å². The standard InChI is InChI=1S/C31H32N6O4S2/c1-17(2)18-8-10-19(11-9-18)27-21(15-32)29(33)37(23-6-5-7-24(38)28(23)27)30-35-36-31(43-30)42-16-26(39)34-22-14-20(40-3)12-13-25(22)41-4/h8-14,17,27H,5-7,16,33H2,1-4H3,(H,34,39). The van der Waals surface area contributed by atoms with Crippen LogP contribution in [0.4, 0.5) is 10.8 Å². The van der Waals surface area contributed by atoms with E-state index in [-0.39, 0.29) is 23.3 Å². The number of nitrogens with two attached hydrogens (primary N) is 1. The Morgan fingerprint density at radius 2 is 1.95 bits per heavy atom. The molecule has 5 rings (SSSR count). The van der Waals surface area contributed by atoms with Crippen molar-refractivity contribution in [3.63, 3.8) is 0 Å². The zero-order valence-corrected chi connectivity index (χ0v) is 26.0. The topological polar surface area (TPSA) is 143 Å². The Kier molecular flexibility index (Phi) is 9.03. The van der Waals surface area contributed by atoms with E-state index in [0.29, 0.717) is 63.0 Å². The van der Waals surface area contributed by atoms with E-state index in [1.54, 1.807) is 30.2 Å². The Hall–Kier alpha value is -4.34. The van der Waals surface area contributed by atoms with Crippen molar-refractivity contribution in [1.82, 2.24) is 10.2 Å². The van der Waals surface area contributed by atoms with Gasteiger partial charge in [0.05, 0.1) is 43.2 Å². The number of hydrogen-bond acceptors (Lipinski definition) is 11. The molecule has 0 bridgehead atoms. The number of methoxy groups -OCH3 is 2. The number of ketones is 1. The minimum atomic E-state index is -0.538. The summed E-state index contributed by atoms with van der Waals surface area (Å²) in [5.74, 6) is 0.987. The molecule has 222 valence electrons. The lowest BCUT2D eigenvalue weighted by atomic mass is 9.75. The molecular formula is C31H32N6O4S2. The van der Waals surface area contributed by atoms with Crippen LogP contribution in [-0.2, 0) is 9.59 Å². The number of aromatic nitrogens is 2. The molecule has 0 fully saturated rings. The maximum atomic E-state index is 13.4. The molecule has 1 amide bonds. The number of nitrogens with one attached hydrogen (secondary N) is 1. The first-order valence-electron chi connectivity index (χ1n) is 13.8. The fourth-order valence-electron chi connectivity index (χ4n) is 5.29. The second-order valence-electron chi connectivity index (χ2n) is 10.4. The highest BCUT2D eigenvalue weighted by Gasteiger charge is 2.41. The molecule has 2 aromatic carbocycles. The predicted molar refractivity (Wildman–Crippen MR) is 167 cm³/mol. The van der Waals surface area contributed by atoms with Gasteiger partial charge in [0.1, 0.15) is 17.3 Å². The zero-order valence-electron chi connectivity index (χ0n) is 24.3. The number of nitriles is 1. The number of allylic oxidation sites excluding steroid dienone is 3. The molecule has 0 radical (unpaired) electrons. The highest BCUT2D eigenvalue weighted by molar-refractivity contribution is 8.01. The molecular weight excluding hydrogens is 585 g/mol. The third-order valence-corrected chi connectivity index (χ3v) is 9.49. The molecule has 1 atom stereocenters. The normalized spacial score (nSPS) is 16.7. The van der Waals surface area contributed by atoms with E-state index in [1.165, 1.54) is 35.8 Å². The summed E-state index contributed by atoms with van der Waals surface area (Å²) in [6, 6.07) is 15.5. The number of Topliss-reactive ketones (excluding diaryl/α,β-unsaturated/α-hetero) is 1. The van der Waals surface area contributed by atoms with Crippen LogP contribution in [0.2, 0.25) is 0 Å². The van der Waals surface area contributed by atoms with E-state index in [9.17, 15) is 14.9 Å². The molecule has 1 aliphatic carbocycles. The summed E-state index contributed by atoms with van der Waals surface area (Å²) in [7, 11) is 3.07. The van der Waals surface area contributed by atoms with Gasteiger partial charge < -0.3 is 20.5 Å². The highest BCUT2D eigenvalue weighted by Crippen LogP contribution is 2.47. The fraction of sp³-hybridized carbons (Fsp3) is 0.323. The van der Waals surface area contributed by atoms with Crippen molar-refractivity contribution in [2.45, 2.75) is 49.3 Å². The van der Waals surface area contributed by atoms with Crippen LogP contribution in [0.5, 0.6) is 11.5 Å². The van der Waals surface area contributed by atoms with Crippen LogP contribution < -0.4 is 25.4 Å². The van der Waals surface area contributed by atoms with Gasteiger partial charge in [0, 0.05) is 23.8 Å². The molecule has 3 aromatic rings. The number of nitrogens with zero attached hydrogens (tertiary/aromatic N) is 4. The number of carbonyl (C=O) groups excluding carboxylic acids is 2. The van der Waals surface area contributed by atoms with Crippen LogP contribution in [-0.4, -0.2) is 41.9 Å². The van der Waals surface area contributed by atoms with Crippen LogP contribution in [0.15, 0.2) is 69.5 Å². The van der Waals surface area contributed by atoms with Gasteiger partial charge in [-0.2, -0.15) is 5.26 Å². The van der Waals surface area contributed by atoms with E-state index in [2.05, 4.69) is 35.4 Å². The van der Waals surface area contributed by atoms with Crippen molar-refractivity contribution < 1.29 is 19.1 Å². The van der Waals surface area contributed by atoms with E-state index in [0.717, 1.165) is 11.3 Å². The molecule has 2 aliphatic rings. The Balaban J connectivity index is 1.40. The first-order valence-corrected chi connectivity index (χ1v) is 15.6. The average molecular weight is 617 g/mol. The predicted octanol–water partition coefficient (Wildman–Crippen LogP) is 5.71. The molecule has 0 saturated carbocycles. The SMILES string of the molecule is COc1ccc(OC)c(NC(=O)CSc2nnc(N3C(N)=C(C#N)C(c4ccc(C(C)C)cc4)C4=C3CCCC4=O)s2)c1. The molecule has 12 heteroatoms. The van der Waals surface area contributed by atoms with E-state index < -0.39 is 5.92 Å². The lowest BCUT2D eigenvalue weighted by molar-refractivity contribution is -0.116. The molecule has 43 heavy (non-hydrogen) atoms. The minimum Gasteiger partial charge on any atom is -0.497 e. The van der Waals surface area contributed by atoms with Gasteiger partial charge in [-0.3, -0.25) is 14.5 Å². The zero-order chi connectivity index (χ0) is 30.7. The van der Waals surface area contributed by atoms with Gasteiger partial charge in [0.2, 0.25) is 11.0 Å².